The summed E-state index contributed by atoms with van der Waals surface area (Å²) in [7, 11) is 0. The maximum Gasteiger partial charge on any atom is 0.267 e. The van der Waals surface area contributed by atoms with Gasteiger partial charge in [0.2, 0.25) is 5.88 Å². The van der Waals surface area contributed by atoms with Crippen LogP contribution in [0.1, 0.15) is 24.0 Å². The summed E-state index contributed by atoms with van der Waals surface area (Å²) in [6, 6.07) is 3.95. The fourth-order valence-corrected chi connectivity index (χ4v) is 2.24. The number of H-pyrrole nitrogens is 1. The summed E-state index contributed by atoms with van der Waals surface area (Å²) in [4.78, 5) is 14.4. The normalized spacial score (nSPS) is 15.5. The first kappa shape index (κ1) is 11.9. The zero-order chi connectivity index (χ0) is 13.6. The van der Waals surface area contributed by atoms with Crippen LogP contribution in [0.15, 0.2) is 22.4 Å². The van der Waals surface area contributed by atoms with Crippen molar-refractivity contribution in [3.05, 3.63) is 23.3 Å². The number of carbonyl (C=O) groups is 1. The summed E-state index contributed by atoms with van der Waals surface area (Å²) in [5.74, 6) is -0.200. The van der Waals surface area contributed by atoms with E-state index in [1.54, 1.807) is 0 Å². The molecule has 1 aliphatic rings. The summed E-state index contributed by atoms with van der Waals surface area (Å²) < 4.78 is 0. The second kappa shape index (κ2) is 4.19. The zero-order valence-electron chi connectivity index (χ0n) is 10.9. The average molecular weight is 257 g/mol. The Morgan fingerprint density at radius 3 is 2.79 bits per heavy atom. The SMILES string of the molecule is Cc1cc(C)c2[nH]c(O)c(N=NC(=O)C3CC3)c2c1. The fourth-order valence-electron chi connectivity index (χ4n) is 2.24. The molecule has 0 spiro atoms. The van der Waals surface area contributed by atoms with Crippen molar-refractivity contribution in [1.82, 2.24) is 4.98 Å². The first-order valence-corrected chi connectivity index (χ1v) is 6.33. The van der Waals surface area contributed by atoms with E-state index in [2.05, 4.69) is 15.2 Å². The molecule has 0 aliphatic heterocycles. The Kier molecular flexibility index (Phi) is 2.62. The first-order chi connectivity index (χ1) is 9.06. The van der Waals surface area contributed by atoms with E-state index >= 15 is 0 Å². The summed E-state index contributed by atoms with van der Waals surface area (Å²) in [5, 5.41) is 18.3. The van der Waals surface area contributed by atoms with E-state index in [0.717, 1.165) is 34.9 Å². The number of rotatable bonds is 2. The molecule has 3 rings (SSSR count). The molecular weight excluding hydrogens is 242 g/mol. The van der Waals surface area contributed by atoms with Crippen LogP contribution in [0.25, 0.3) is 10.9 Å². The topological polar surface area (TPSA) is 77.8 Å². The zero-order valence-corrected chi connectivity index (χ0v) is 10.9. The lowest BCUT2D eigenvalue weighted by Gasteiger charge is -1.98. The van der Waals surface area contributed by atoms with Gasteiger partial charge in [-0.25, -0.2) is 0 Å². The molecule has 1 saturated carbocycles. The number of nitrogens with zero attached hydrogens (tertiary/aromatic N) is 2. The van der Waals surface area contributed by atoms with Gasteiger partial charge in [-0.3, -0.25) is 4.79 Å². The largest absolute Gasteiger partial charge is 0.493 e. The fraction of sp³-hybridized carbons (Fsp3) is 0.357. The van der Waals surface area contributed by atoms with Gasteiger partial charge in [0.25, 0.3) is 5.91 Å². The number of fused-ring (bicyclic) bond motifs is 1. The molecule has 1 fully saturated rings. The molecule has 1 heterocycles. The quantitative estimate of drug-likeness (QED) is 0.807. The van der Waals surface area contributed by atoms with Crippen molar-refractivity contribution in [2.24, 2.45) is 16.1 Å². The molecule has 1 amide bonds. The Labute approximate surface area is 110 Å². The van der Waals surface area contributed by atoms with Crippen LogP contribution in [-0.2, 0) is 4.79 Å². The highest BCUT2D eigenvalue weighted by Crippen LogP contribution is 2.38. The highest BCUT2D eigenvalue weighted by molar-refractivity contribution is 5.96. The van der Waals surface area contributed by atoms with Crippen molar-refractivity contribution in [2.45, 2.75) is 26.7 Å². The number of azo groups is 1. The van der Waals surface area contributed by atoms with E-state index in [1.165, 1.54) is 0 Å². The number of hydrogen-bond donors (Lipinski definition) is 2. The molecule has 19 heavy (non-hydrogen) atoms. The Morgan fingerprint density at radius 2 is 2.11 bits per heavy atom. The molecule has 0 saturated heterocycles. The van der Waals surface area contributed by atoms with Gasteiger partial charge < -0.3 is 10.1 Å². The molecule has 0 bridgehead atoms. The predicted octanol–water partition coefficient (Wildman–Crippen LogP) is 3.51. The first-order valence-electron chi connectivity index (χ1n) is 6.33. The van der Waals surface area contributed by atoms with Crippen molar-refractivity contribution < 1.29 is 9.90 Å². The second-order valence-corrected chi connectivity index (χ2v) is 5.14. The van der Waals surface area contributed by atoms with Gasteiger partial charge in [0, 0.05) is 11.3 Å². The number of hydrogen-bond acceptors (Lipinski definition) is 3. The van der Waals surface area contributed by atoms with Crippen molar-refractivity contribution >= 4 is 22.5 Å². The molecule has 0 radical (unpaired) electrons. The van der Waals surface area contributed by atoms with Gasteiger partial charge in [-0.05, 0) is 38.3 Å². The molecule has 2 aromatic rings. The molecule has 1 aromatic carbocycles. The standard InChI is InChI=1S/C14H15N3O2/c1-7-5-8(2)11-10(6-7)12(14(19)15-11)16-17-13(18)9-3-4-9/h5-6,9,15,19H,3-4H2,1-2H3. The highest BCUT2D eigenvalue weighted by Gasteiger charge is 2.29. The Hall–Kier alpha value is -2.17. The van der Waals surface area contributed by atoms with Crippen molar-refractivity contribution in [2.75, 3.05) is 0 Å². The van der Waals surface area contributed by atoms with Crippen LogP contribution in [0, 0.1) is 19.8 Å². The van der Waals surface area contributed by atoms with E-state index in [-0.39, 0.29) is 17.7 Å². The molecule has 5 heteroatoms. The number of amides is 1. The number of carbonyl (C=O) groups excluding carboxylic acids is 1. The Balaban J connectivity index is 2.07. The third kappa shape index (κ3) is 2.12. The monoisotopic (exact) mass is 257 g/mol. The maximum absolute atomic E-state index is 11.5. The number of aryl methyl sites for hydroxylation is 2. The van der Waals surface area contributed by atoms with Crippen LogP contribution in [-0.4, -0.2) is 16.0 Å². The number of aromatic nitrogens is 1. The van der Waals surface area contributed by atoms with Gasteiger partial charge in [-0.1, -0.05) is 11.6 Å². The van der Waals surface area contributed by atoms with Crippen LogP contribution in [0.3, 0.4) is 0 Å². The van der Waals surface area contributed by atoms with E-state index in [1.807, 2.05) is 26.0 Å². The van der Waals surface area contributed by atoms with E-state index in [9.17, 15) is 9.90 Å². The minimum absolute atomic E-state index is 0.0413. The van der Waals surface area contributed by atoms with E-state index < -0.39 is 0 Å². The molecule has 1 aliphatic carbocycles. The number of benzene rings is 1. The highest BCUT2D eigenvalue weighted by atomic mass is 16.3. The van der Waals surface area contributed by atoms with Crippen LogP contribution in [0.4, 0.5) is 5.69 Å². The lowest BCUT2D eigenvalue weighted by molar-refractivity contribution is -0.119. The van der Waals surface area contributed by atoms with Gasteiger partial charge in [-0.2, -0.15) is 0 Å². The number of aromatic amines is 1. The summed E-state index contributed by atoms with van der Waals surface area (Å²) >= 11 is 0. The predicted molar refractivity (Wildman–Crippen MR) is 71.7 cm³/mol. The van der Waals surface area contributed by atoms with Gasteiger partial charge in [0.05, 0.1) is 5.52 Å². The van der Waals surface area contributed by atoms with Gasteiger partial charge in [0.1, 0.15) is 0 Å². The maximum atomic E-state index is 11.5. The summed E-state index contributed by atoms with van der Waals surface area (Å²) in [6.45, 7) is 3.94. The third-order valence-corrected chi connectivity index (χ3v) is 3.38. The molecule has 0 unspecified atom stereocenters. The smallest absolute Gasteiger partial charge is 0.267 e. The number of nitrogens with one attached hydrogen (secondary N) is 1. The second-order valence-electron chi connectivity index (χ2n) is 5.14. The molecule has 1 aromatic heterocycles. The van der Waals surface area contributed by atoms with E-state index in [4.69, 9.17) is 0 Å². The minimum atomic E-state index is -0.196. The molecule has 0 atom stereocenters. The number of aromatic hydroxyl groups is 1. The molecule has 98 valence electrons. The molecule has 2 N–H and O–H groups in total. The van der Waals surface area contributed by atoms with Crippen molar-refractivity contribution in [3.8, 4) is 5.88 Å². The summed E-state index contributed by atoms with van der Waals surface area (Å²) in [5.41, 5.74) is 3.28. The summed E-state index contributed by atoms with van der Waals surface area (Å²) in [6.07, 6.45) is 1.80. The Morgan fingerprint density at radius 1 is 1.37 bits per heavy atom. The lowest BCUT2D eigenvalue weighted by atomic mass is 10.1. The minimum Gasteiger partial charge on any atom is -0.493 e. The van der Waals surface area contributed by atoms with Crippen LogP contribution in [0.5, 0.6) is 5.88 Å². The van der Waals surface area contributed by atoms with Crippen molar-refractivity contribution in [1.29, 1.82) is 0 Å². The van der Waals surface area contributed by atoms with Crippen molar-refractivity contribution in [3.63, 3.8) is 0 Å². The van der Waals surface area contributed by atoms with Crippen LogP contribution >= 0.6 is 0 Å². The van der Waals surface area contributed by atoms with E-state index in [0.29, 0.717) is 5.69 Å². The molecule has 5 nitrogen and oxygen atoms in total. The molecular formula is C14H15N3O2. The van der Waals surface area contributed by atoms with Gasteiger partial charge in [-0.15, -0.1) is 10.2 Å². The van der Waals surface area contributed by atoms with Crippen LogP contribution < -0.4 is 0 Å². The van der Waals surface area contributed by atoms with Gasteiger partial charge in [0.15, 0.2) is 5.69 Å². The Bertz CT molecular complexity index is 696. The van der Waals surface area contributed by atoms with Gasteiger partial charge >= 0.3 is 0 Å². The average Bonchev–Trinajstić information content (AvgIpc) is 3.13. The third-order valence-electron chi connectivity index (χ3n) is 3.38. The lowest BCUT2D eigenvalue weighted by Crippen LogP contribution is -1.92. The van der Waals surface area contributed by atoms with Crippen LogP contribution in [0.2, 0.25) is 0 Å².